The van der Waals surface area contributed by atoms with Crippen molar-refractivity contribution in [2.45, 2.75) is 117 Å². The fraction of sp³-hybridized carbons (Fsp3) is 0.778. The molecule has 0 saturated carbocycles. The van der Waals surface area contributed by atoms with E-state index in [0.29, 0.717) is 32.5 Å². The number of ether oxygens (including phenoxy) is 2. The summed E-state index contributed by atoms with van der Waals surface area (Å²) in [5.74, 6) is -11.2. The fourth-order valence-electron chi connectivity index (χ4n) is 4.46. The van der Waals surface area contributed by atoms with E-state index < -0.39 is 40.6 Å². The van der Waals surface area contributed by atoms with Crippen molar-refractivity contribution in [2.75, 3.05) is 13.2 Å². The molecule has 0 aliphatic rings. The molecule has 1 aromatic carbocycles. The van der Waals surface area contributed by atoms with Gasteiger partial charge in [0, 0.05) is 24.7 Å². The Bertz CT molecular complexity index is 694. The Labute approximate surface area is 207 Å². The molecule has 35 heavy (non-hydrogen) atoms. The zero-order chi connectivity index (χ0) is 26.3. The van der Waals surface area contributed by atoms with E-state index in [9.17, 15) is 27.1 Å². The number of hydrogen-bond donors (Lipinski definition) is 1. The van der Waals surface area contributed by atoms with Gasteiger partial charge < -0.3 is 14.6 Å². The van der Waals surface area contributed by atoms with Gasteiger partial charge in [0.1, 0.15) is 0 Å². The predicted octanol–water partition coefficient (Wildman–Crippen LogP) is 8.35. The first-order valence-corrected chi connectivity index (χ1v) is 13.2. The number of halogens is 5. The van der Waals surface area contributed by atoms with Crippen molar-refractivity contribution < 1.29 is 36.5 Å². The van der Waals surface area contributed by atoms with Gasteiger partial charge in [-0.1, -0.05) is 71.1 Å². The van der Waals surface area contributed by atoms with Crippen molar-refractivity contribution in [3.63, 3.8) is 0 Å². The molecule has 0 amide bonds. The van der Waals surface area contributed by atoms with Gasteiger partial charge in [0.2, 0.25) is 5.82 Å². The minimum atomic E-state index is -2.13. The van der Waals surface area contributed by atoms with Crippen LogP contribution in [0.15, 0.2) is 0 Å². The van der Waals surface area contributed by atoms with Gasteiger partial charge in [-0.25, -0.2) is 22.0 Å². The topological polar surface area (TPSA) is 38.7 Å². The Hall–Kier alpha value is -1.25. The van der Waals surface area contributed by atoms with Crippen molar-refractivity contribution in [2.24, 2.45) is 5.92 Å². The molecule has 0 aromatic heterocycles. The first kappa shape index (κ1) is 31.8. The molecule has 8 heteroatoms. The molecule has 0 heterocycles. The molecule has 0 bridgehead atoms. The summed E-state index contributed by atoms with van der Waals surface area (Å²) in [5.41, 5.74) is -0.751. The van der Waals surface area contributed by atoms with Gasteiger partial charge in [-0.05, 0) is 39.5 Å². The molecule has 204 valence electrons. The van der Waals surface area contributed by atoms with Gasteiger partial charge in [-0.3, -0.25) is 0 Å². The minimum absolute atomic E-state index is 0.165. The monoisotopic (exact) mass is 510 g/mol. The predicted molar refractivity (Wildman–Crippen MR) is 127 cm³/mol. The molecule has 1 aromatic rings. The normalized spacial score (nSPS) is 12.9. The third-order valence-corrected chi connectivity index (χ3v) is 6.40. The van der Waals surface area contributed by atoms with Crippen LogP contribution in [0.3, 0.4) is 0 Å². The largest absolute Gasteiger partial charge is 0.343 e. The number of aliphatic hydroxyl groups is 1. The van der Waals surface area contributed by atoms with Crippen LogP contribution in [0.25, 0.3) is 0 Å². The van der Waals surface area contributed by atoms with Gasteiger partial charge in [-0.2, -0.15) is 0 Å². The second-order valence-corrected chi connectivity index (χ2v) is 9.11. The molecular weight excluding hydrogens is 467 g/mol. The molecular formula is C27H43F5O3. The zero-order valence-electron chi connectivity index (χ0n) is 21.5. The van der Waals surface area contributed by atoms with Crippen molar-refractivity contribution in [1.29, 1.82) is 0 Å². The highest BCUT2D eigenvalue weighted by Crippen LogP contribution is 2.32. The van der Waals surface area contributed by atoms with E-state index in [4.69, 9.17) is 9.47 Å². The summed E-state index contributed by atoms with van der Waals surface area (Å²) in [6.07, 6.45) is 11.5. The molecule has 0 radical (unpaired) electrons. The van der Waals surface area contributed by atoms with Crippen LogP contribution in [0.1, 0.15) is 110 Å². The van der Waals surface area contributed by atoms with E-state index in [-0.39, 0.29) is 12.3 Å². The molecule has 3 nitrogen and oxygen atoms in total. The highest BCUT2D eigenvalue weighted by Gasteiger charge is 2.38. The lowest BCUT2D eigenvalue weighted by atomic mass is 9.91. The van der Waals surface area contributed by atoms with Gasteiger partial charge >= 0.3 is 0 Å². The summed E-state index contributed by atoms with van der Waals surface area (Å²) in [4.78, 5) is 0. The molecule has 1 atom stereocenters. The maximum absolute atomic E-state index is 13.8. The summed E-state index contributed by atoms with van der Waals surface area (Å²) < 4.78 is 78.6. The zero-order valence-corrected chi connectivity index (χ0v) is 21.5. The van der Waals surface area contributed by atoms with Crippen LogP contribution in [0, 0.1) is 35.0 Å². The maximum Gasteiger partial charge on any atom is 0.283 e. The Morgan fingerprint density at radius 2 is 1.00 bits per heavy atom. The molecule has 1 rings (SSSR count). The number of benzene rings is 1. The van der Waals surface area contributed by atoms with E-state index in [1.807, 2.05) is 13.8 Å². The second kappa shape index (κ2) is 17.2. The molecule has 1 N–H and O–H groups in total. The van der Waals surface area contributed by atoms with E-state index in [0.717, 1.165) is 38.5 Å². The Balaban J connectivity index is 2.51. The van der Waals surface area contributed by atoms with E-state index in [1.54, 1.807) is 0 Å². The van der Waals surface area contributed by atoms with Crippen molar-refractivity contribution >= 4 is 0 Å². The molecule has 0 fully saturated rings. The van der Waals surface area contributed by atoms with Gasteiger partial charge in [0.05, 0.1) is 0 Å². The van der Waals surface area contributed by atoms with Crippen LogP contribution < -0.4 is 0 Å². The van der Waals surface area contributed by atoms with Crippen LogP contribution in [0.5, 0.6) is 0 Å². The number of unbranched alkanes of at least 4 members (excludes halogenated alkanes) is 9. The minimum Gasteiger partial charge on any atom is -0.343 e. The SMILES string of the molecule is CCCCCCCCC(CCCCCCCc1c(F)c(F)c(F)c(F)c1F)C(O)(OCC)OCC. The Morgan fingerprint density at radius 1 is 0.600 bits per heavy atom. The third-order valence-electron chi connectivity index (χ3n) is 6.40. The summed E-state index contributed by atoms with van der Waals surface area (Å²) in [6.45, 7) is 6.48. The van der Waals surface area contributed by atoms with Crippen LogP contribution in [-0.2, 0) is 15.9 Å². The molecule has 0 aliphatic carbocycles. The molecule has 0 saturated heterocycles. The van der Waals surface area contributed by atoms with Crippen LogP contribution in [0.2, 0.25) is 0 Å². The quantitative estimate of drug-likeness (QED) is 0.0630. The van der Waals surface area contributed by atoms with Gasteiger partial charge in [0.25, 0.3) is 5.97 Å². The van der Waals surface area contributed by atoms with Crippen LogP contribution >= 0.6 is 0 Å². The van der Waals surface area contributed by atoms with E-state index >= 15 is 0 Å². The summed E-state index contributed by atoms with van der Waals surface area (Å²) in [5, 5.41) is 11.0. The first-order chi connectivity index (χ1) is 16.7. The van der Waals surface area contributed by atoms with Crippen molar-refractivity contribution in [1.82, 2.24) is 0 Å². The highest BCUT2D eigenvalue weighted by atomic mass is 19.2. The smallest absolute Gasteiger partial charge is 0.283 e. The Kier molecular flexibility index (Phi) is 15.7. The number of rotatable bonds is 20. The van der Waals surface area contributed by atoms with Crippen molar-refractivity contribution in [3.8, 4) is 0 Å². The van der Waals surface area contributed by atoms with Gasteiger partial charge in [0.15, 0.2) is 23.3 Å². The summed E-state index contributed by atoms with van der Waals surface area (Å²) in [7, 11) is 0. The standard InChI is InChI=1S/C27H43F5O3/c1-4-7-8-9-11-14-17-20(27(33,34-5-2)35-6-3)18-15-12-10-13-16-19-21-22(28)24(30)26(32)25(31)23(21)29/h20,33H,4-19H2,1-3H3. The van der Waals surface area contributed by atoms with Crippen LogP contribution in [0.4, 0.5) is 22.0 Å². The highest BCUT2D eigenvalue weighted by molar-refractivity contribution is 5.24. The average Bonchev–Trinajstić information content (AvgIpc) is 2.83. The molecule has 0 aliphatic heterocycles. The van der Waals surface area contributed by atoms with Crippen LogP contribution in [-0.4, -0.2) is 24.3 Å². The maximum atomic E-state index is 13.8. The Morgan fingerprint density at radius 3 is 1.46 bits per heavy atom. The summed E-state index contributed by atoms with van der Waals surface area (Å²) in [6, 6.07) is 0. The lowest BCUT2D eigenvalue weighted by molar-refractivity contribution is -0.385. The average molecular weight is 511 g/mol. The lowest BCUT2D eigenvalue weighted by Gasteiger charge is -2.35. The second-order valence-electron chi connectivity index (χ2n) is 9.11. The van der Waals surface area contributed by atoms with Crippen molar-refractivity contribution in [3.05, 3.63) is 34.6 Å². The van der Waals surface area contributed by atoms with Gasteiger partial charge in [-0.15, -0.1) is 0 Å². The molecule has 0 spiro atoms. The van der Waals surface area contributed by atoms with E-state index in [2.05, 4.69) is 6.92 Å². The number of hydrogen-bond acceptors (Lipinski definition) is 3. The van der Waals surface area contributed by atoms with E-state index in [1.165, 1.54) is 25.7 Å². The first-order valence-electron chi connectivity index (χ1n) is 13.2. The third kappa shape index (κ3) is 10.3. The summed E-state index contributed by atoms with van der Waals surface area (Å²) >= 11 is 0. The molecule has 1 unspecified atom stereocenters. The fourth-order valence-corrected chi connectivity index (χ4v) is 4.46. The lowest BCUT2D eigenvalue weighted by Crippen LogP contribution is -2.44.